The zero-order chi connectivity index (χ0) is 13.5. The van der Waals surface area contributed by atoms with Crippen LogP contribution in [0.15, 0.2) is 29.4 Å². The van der Waals surface area contributed by atoms with E-state index in [1.807, 2.05) is 26.8 Å². The van der Waals surface area contributed by atoms with Crippen LogP contribution in [-0.4, -0.2) is 16.7 Å². The Bertz CT molecular complexity index is 439. The van der Waals surface area contributed by atoms with E-state index in [4.69, 9.17) is 0 Å². The molecule has 4 nitrogen and oxygen atoms in total. The third kappa shape index (κ3) is 4.20. The molecule has 0 aliphatic rings. The van der Waals surface area contributed by atoms with Crippen LogP contribution in [0, 0.1) is 5.92 Å². The Balaban J connectivity index is 2.78. The second-order valence-corrected chi connectivity index (χ2v) is 4.56. The summed E-state index contributed by atoms with van der Waals surface area (Å²) in [6, 6.07) is 6.97. The number of phenols is 1. The van der Waals surface area contributed by atoms with Crippen molar-refractivity contribution in [1.29, 1.82) is 0 Å². The number of amides is 1. The molecule has 4 heteroatoms. The van der Waals surface area contributed by atoms with Crippen molar-refractivity contribution in [1.82, 2.24) is 5.43 Å². The van der Waals surface area contributed by atoms with E-state index >= 15 is 0 Å². The molecular formula is C14H20N2O2. The molecule has 0 unspecified atom stereocenters. The lowest BCUT2D eigenvalue weighted by molar-refractivity contribution is -0.121. The van der Waals surface area contributed by atoms with Gasteiger partial charge in [-0.3, -0.25) is 4.79 Å². The van der Waals surface area contributed by atoms with Crippen LogP contribution in [0.3, 0.4) is 0 Å². The van der Waals surface area contributed by atoms with Gasteiger partial charge in [0.2, 0.25) is 5.91 Å². The van der Waals surface area contributed by atoms with Gasteiger partial charge in [0.05, 0.1) is 5.71 Å². The quantitative estimate of drug-likeness (QED) is 0.621. The standard InChI is InChI=1S/C14H20N2O2/c1-4-12(11-7-5-6-8-13(11)17)15-16-14(18)9-10(2)3/h5-8,10,17H,4,9H2,1-3H3,(H,16,18)/b15-12+. The monoisotopic (exact) mass is 248 g/mol. The van der Waals surface area contributed by atoms with E-state index in [9.17, 15) is 9.90 Å². The van der Waals surface area contributed by atoms with Gasteiger partial charge >= 0.3 is 0 Å². The summed E-state index contributed by atoms with van der Waals surface area (Å²) in [6.07, 6.45) is 1.08. The van der Waals surface area contributed by atoms with E-state index in [-0.39, 0.29) is 11.7 Å². The van der Waals surface area contributed by atoms with Crippen molar-refractivity contribution in [2.24, 2.45) is 11.0 Å². The van der Waals surface area contributed by atoms with Crippen LogP contribution >= 0.6 is 0 Å². The number of hydrazone groups is 1. The normalized spacial score (nSPS) is 11.7. The zero-order valence-electron chi connectivity index (χ0n) is 11.1. The topological polar surface area (TPSA) is 61.7 Å². The molecule has 0 aliphatic carbocycles. The molecule has 1 aromatic carbocycles. The Morgan fingerprint density at radius 1 is 1.39 bits per heavy atom. The molecule has 0 bridgehead atoms. The van der Waals surface area contributed by atoms with Gasteiger partial charge in [-0.25, -0.2) is 5.43 Å². The minimum atomic E-state index is -0.105. The maximum absolute atomic E-state index is 11.5. The molecule has 0 spiro atoms. The highest BCUT2D eigenvalue weighted by molar-refractivity contribution is 6.03. The lowest BCUT2D eigenvalue weighted by Gasteiger charge is -2.07. The molecule has 0 heterocycles. The van der Waals surface area contributed by atoms with E-state index in [0.29, 0.717) is 30.0 Å². The van der Waals surface area contributed by atoms with Crippen LogP contribution in [0.1, 0.15) is 39.2 Å². The summed E-state index contributed by atoms with van der Waals surface area (Å²) < 4.78 is 0. The van der Waals surface area contributed by atoms with Gasteiger partial charge < -0.3 is 5.11 Å². The van der Waals surface area contributed by atoms with Crippen molar-refractivity contribution >= 4 is 11.6 Å². The Morgan fingerprint density at radius 2 is 2.06 bits per heavy atom. The predicted molar refractivity (Wildman–Crippen MR) is 72.5 cm³/mol. The molecule has 1 aromatic rings. The van der Waals surface area contributed by atoms with Gasteiger partial charge in [-0.2, -0.15) is 5.10 Å². The maximum atomic E-state index is 11.5. The van der Waals surface area contributed by atoms with E-state index in [1.165, 1.54) is 0 Å². The number of nitrogens with zero attached hydrogens (tertiary/aromatic N) is 1. The highest BCUT2D eigenvalue weighted by Crippen LogP contribution is 2.17. The summed E-state index contributed by atoms with van der Waals surface area (Å²) >= 11 is 0. The second-order valence-electron chi connectivity index (χ2n) is 4.56. The van der Waals surface area contributed by atoms with Gasteiger partial charge in [0.1, 0.15) is 5.75 Å². The van der Waals surface area contributed by atoms with Gasteiger partial charge in [0, 0.05) is 12.0 Å². The van der Waals surface area contributed by atoms with Crippen molar-refractivity contribution in [3.05, 3.63) is 29.8 Å². The molecule has 1 amide bonds. The van der Waals surface area contributed by atoms with Crippen LogP contribution < -0.4 is 5.43 Å². The van der Waals surface area contributed by atoms with Gasteiger partial charge in [0.15, 0.2) is 0 Å². The number of carbonyl (C=O) groups is 1. The number of nitrogens with one attached hydrogen (secondary N) is 1. The van der Waals surface area contributed by atoms with E-state index in [1.54, 1.807) is 18.2 Å². The largest absolute Gasteiger partial charge is 0.507 e. The fourth-order valence-electron chi connectivity index (χ4n) is 1.59. The lowest BCUT2D eigenvalue weighted by Crippen LogP contribution is -2.21. The third-order valence-corrected chi connectivity index (χ3v) is 2.46. The molecule has 0 aliphatic heterocycles. The van der Waals surface area contributed by atoms with Gasteiger partial charge in [0.25, 0.3) is 0 Å². The number of carbonyl (C=O) groups excluding carboxylic acids is 1. The average molecular weight is 248 g/mol. The molecule has 98 valence electrons. The van der Waals surface area contributed by atoms with Gasteiger partial charge in [-0.05, 0) is 24.5 Å². The Morgan fingerprint density at radius 3 is 2.61 bits per heavy atom. The summed E-state index contributed by atoms with van der Waals surface area (Å²) in [5.74, 6) is 0.373. The number of hydrogen-bond acceptors (Lipinski definition) is 3. The molecule has 0 atom stereocenters. The number of para-hydroxylation sites is 1. The van der Waals surface area contributed by atoms with Crippen molar-refractivity contribution < 1.29 is 9.90 Å². The summed E-state index contributed by atoms with van der Waals surface area (Å²) in [6.45, 7) is 5.89. The van der Waals surface area contributed by atoms with Crippen molar-refractivity contribution in [3.63, 3.8) is 0 Å². The first-order valence-electron chi connectivity index (χ1n) is 6.18. The van der Waals surface area contributed by atoms with Crippen molar-refractivity contribution in [3.8, 4) is 5.75 Å². The minimum Gasteiger partial charge on any atom is -0.507 e. The molecule has 0 saturated carbocycles. The molecule has 0 fully saturated rings. The molecule has 1 rings (SSSR count). The first-order valence-corrected chi connectivity index (χ1v) is 6.18. The summed E-state index contributed by atoms with van der Waals surface area (Å²) in [7, 11) is 0. The fourth-order valence-corrected chi connectivity index (χ4v) is 1.59. The number of hydrogen-bond donors (Lipinski definition) is 2. The van der Waals surface area contributed by atoms with Crippen LogP contribution in [0.25, 0.3) is 0 Å². The fraction of sp³-hybridized carbons (Fsp3) is 0.429. The van der Waals surface area contributed by atoms with Crippen molar-refractivity contribution in [2.75, 3.05) is 0 Å². The van der Waals surface area contributed by atoms with Crippen LogP contribution in [-0.2, 0) is 4.79 Å². The Hall–Kier alpha value is -1.84. The minimum absolute atomic E-state index is 0.105. The van der Waals surface area contributed by atoms with E-state index < -0.39 is 0 Å². The molecule has 2 N–H and O–H groups in total. The summed E-state index contributed by atoms with van der Waals surface area (Å²) in [4.78, 5) is 11.5. The lowest BCUT2D eigenvalue weighted by atomic mass is 10.1. The highest BCUT2D eigenvalue weighted by Gasteiger charge is 2.08. The van der Waals surface area contributed by atoms with Gasteiger partial charge in [-0.15, -0.1) is 0 Å². The number of aromatic hydroxyl groups is 1. The molecule has 0 saturated heterocycles. The van der Waals surface area contributed by atoms with Crippen molar-refractivity contribution in [2.45, 2.75) is 33.6 Å². The molecule has 0 radical (unpaired) electrons. The summed E-state index contributed by atoms with van der Waals surface area (Å²) in [5, 5.41) is 13.8. The van der Waals surface area contributed by atoms with Crippen LogP contribution in [0.2, 0.25) is 0 Å². The molecule has 18 heavy (non-hydrogen) atoms. The molecule has 0 aromatic heterocycles. The summed E-state index contributed by atoms with van der Waals surface area (Å²) in [5.41, 5.74) is 3.86. The molecular weight excluding hydrogens is 228 g/mol. The second kappa shape index (κ2) is 6.79. The number of rotatable bonds is 5. The van der Waals surface area contributed by atoms with Gasteiger partial charge in [-0.1, -0.05) is 32.9 Å². The average Bonchev–Trinajstić information content (AvgIpc) is 2.31. The zero-order valence-corrected chi connectivity index (χ0v) is 11.1. The highest BCUT2D eigenvalue weighted by atomic mass is 16.3. The van der Waals surface area contributed by atoms with E-state index in [0.717, 1.165) is 0 Å². The first-order chi connectivity index (χ1) is 8.54. The number of phenolic OH excluding ortho intramolecular Hbond substituents is 1. The first kappa shape index (κ1) is 14.2. The van der Waals surface area contributed by atoms with Crippen LogP contribution in [0.4, 0.5) is 0 Å². The van der Waals surface area contributed by atoms with E-state index in [2.05, 4.69) is 10.5 Å². The third-order valence-electron chi connectivity index (χ3n) is 2.46. The Kier molecular flexibility index (Phi) is 5.36. The predicted octanol–water partition coefficient (Wildman–Crippen LogP) is 2.67. The maximum Gasteiger partial charge on any atom is 0.240 e. The Labute approximate surface area is 108 Å². The SMILES string of the molecule is CC/C(=N\NC(=O)CC(C)C)c1ccccc1O. The van der Waals surface area contributed by atoms with Crippen LogP contribution in [0.5, 0.6) is 5.75 Å². The smallest absolute Gasteiger partial charge is 0.240 e. The number of benzene rings is 1.